The Morgan fingerprint density at radius 2 is 1.83 bits per heavy atom. The third-order valence-electron chi connectivity index (χ3n) is 4.47. The second kappa shape index (κ2) is 8.84. The number of benzene rings is 2. The van der Waals surface area contributed by atoms with Crippen molar-refractivity contribution in [3.05, 3.63) is 86.9 Å². The topological polar surface area (TPSA) is 88.8 Å². The fraction of sp³-hybridized carbons (Fsp3) is 0.182. The number of methoxy groups -OCH3 is 1. The van der Waals surface area contributed by atoms with Crippen LogP contribution in [0, 0.1) is 6.92 Å². The van der Waals surface area contributed by atoms with Crippen molar-refractivity contribution in [2.75, 3.05) is 12.4 Å². The summed E-state index contributed by atoms with van der Waals surface area (Å²) in [5, 5.41) is 13.7. The predicted molar refractivity (Wildman–Crippen MR) is 111 cm³/mol. The molecule has 1 amide bonds. The third kappa shape index (κ3) is 4.97. The smallest absolute Gasteiger partial charge is 0.343 e. The van der Waals surface area contributed by atoms with Gasteiger partial charge in [-0.1, -0.05) is 23.7 Å². The number of hydrogen-bond donors (Lipinski definition) is 2. The highest BCUT2D eigenvalue weighted by molar-refractivity contribution is 6.30. The molecule has 1 unspecified atom stereocenters. The van der Waals surface area contributed by atoms with Crippen LogP contribution in [0.4, 0.5) is 5.69 Å². The van der Waals surface area contributed by atoms with E-state index in [0.717, 1.165) is 0 Å². The Hall–Kier alpha value is -3.25. The van der Waals surface area contributed by atoms with Gasteiger partial charge in [0.25, 0.3) is 0 Å². The maximum atomic E-state index is 12.7. The molecule has 150 valence electrons. The zero-order chi connectivity index (χ0) is 21.0. The van der Waals surface area contributed by atoms with Crippen molar-refractivity contribution >= 4 is 23.2 Å². The molecule has 7 heteroatoms. The largest absolute Gasteiger partial charge is 0.507 e. The summed E-state index contributed by atoms with van der Waals surface area (Å²) in [4.78, 5) is 25.2. The van der Waals surface area contributed by atoms with E-state index in [1.54, 1.807) is 62.6 Å². The molecule has 1 aromatic heterocycles. The molecule has 0 fully saturated rings. The number of aromatic hydroxyl groups is 1. The monoisotopic (exact) mass is 413 g/mol. The van der Waals surface area contributed by atoms with Gasteiger partial charge in [0.05, 0.1) is 12.7 Å². The Balaban J connectivity index is 1.95. The average molecular weight is 414 g/mol. The molecule has 2 N–H and O–H groups in total. The molecule has 1 heterocycles. The molecule has 1 atom stereocenters. The number of anilines is 1. The number of aryl methyl sites for hydroxylation is 1. The first-order chi connectivity index (χ1) is 13.9. The summed E-state index contributed by atoms with van der Waals surface area (Å²) in [5.74, 6) is -0.315. The minimum Gasteiger partial charge on any atom is -0.507 e. The van der Waals surface area contributed by atoms with Gasteiger partial charge in [0.15, 0.2) is 0 Å². The number of carbonyl (C=O) groups is 1. The molecule has 3 rings (SSSR count). The second-order valence-electron chi connectivity index (χ2n) is 6.53. The second-order valence-corrected chi connectivity index (χ2v) is 6.96. The van der Waals surface area contributed by atoms with Crippen molar-refractivity contribution in [3.8, 4) is 11.5 Å². The highest BCUT2D eigenvalue weighted by atomic mass is 35.5. The van der Waals surface area contributed by atoms with Gasteiger partial charge in [0.2, 0.25) is 5.91 Å². The molecule has 3 aromatic rings. The van der Waals surface area contributed by atoms with Gasteiger partial charge in [-0.2, -0.15) is 0 Å². The van der Waals surface area contributed by atoms with Crippen LogP contribution in [0.1, 0.15) is 29.2 Å². The lowest BCUT2D eigenvalue weighted by Gasteiger charge is -2.18. The van der Waals surface area contributed by atoms with E-state index in [9.17, 15) is 14.7 Å². The minimum absolute atomic E-state index is 0.0343. The number of rotatable bonds is 6. The van der Waals surface area contributed by atoms with Gasteiger partial charge in [0, 0.05) is 29.1 Å². The van der Waals surface area contributed by atoms with Gasteiger partial charge in [-0.15, -0.1) is 0 Å². The van der Waals surface area contributed by atoms with E-state index >= 15 is 0 Å². The van der Waals surface area contributed by atoms with Gasteiger partial charge in [-0.3, -0.25) is 4.79 Å². The van der Waals surface area contributed by atoms with Crippen LogP contribution in [0.25, 0.3) is 0 Å². The van der Waals surface area contributed by atoms with E-state index in [-0.39, 0.29) is 29.4 Å². The van der Waals surface area contributed by atoms with Crippen LogP contribution in [0.3, 0.4) is 0 Å². The van der Waals surface area contributed by atoms with Gasteiger partial charge in [0.1, 0.15) is 17.3 Å². The van der Waals surface area contributed by atoms with Gasteiger partial charge in [-0.25, -0.2) is 4.79 Å². The summed E-state index contributed by atoms with van der Waals surface area (Å²) in [6.07, 6.45) is -0.0731. The van der Waals surface area contributed by atoms with Crippen LogP contribution in [0.2, 0.25) is 5.02 Å². The molecule has 0 aliphatic carbocycles. The highest BCUT2D eigenvalue weighted by Gasteiger charge is 2.26. The number of hydrogen-bond acceptors (Lipinski definition) is 5. The van der Waals surface area contributed by atoms with Crippen LogP contribution in [-0.4, -0.2) is 18.1 Å². The molecule has 0 saturated carbocycles. The number of carbonyl (C=O) groups excluding carboxylic acids is 1. The van der Waals surface area contributed by atoms with Crippen molar-refractivity contribution in [1.29, 1.82) is 0 Å². The first-order valence-corrected chi connectivity index (χ1v) is 9.28. The number of halogens is 1. The lowest BCUT2D eigenvalue weighted by Crippen LogP contribution is -2.21. The van der Waals surface area contributed by atoms with Gasteiger partial charge in [-0.05, 0) is 48.9 Å². The Labute approximate surface area is 172 Å². The average Bonchev–Trinajstić information content (AvgIpc) is 2.68. The van der Waals surface area contributed by atoms with Crippen LogP contribution >= 0.6 is 11.6 Å². The summed E-state index contributed by atoms with van der Waals surface area (Å²) in [7, 11) is 1.55. The van der Waals surface area contributed by atoms with Crippen molar-refractivity contribution in [3.63, 3.8) is 0 Å². The van der Waals surface area contributed by atoms with E-state index in [1.807, 2.05) is 0 Å². The molecule has 0 aliphatic rings. The van der Waals surface area contributed by atoms with Crippen molar-refractivity contribution in [2.45, 2.75) is 19.3 Å². The SMILES string of the molecule is COc1ccc(C(CC(=O)Nc2ccc(Cl)cc2)c2c(O)cc(C)oc2=O)cc1. The van der Waals surface area contributed by atoms with Crippen molar-refractivity contribution in [1.82, 2.24) is 0 Å². The minimum atomic E-state index is -0.704. The zero-order valence-corrected chi connectivity index (χ0v) is 16.7. The Bertz CT molecular complexity index is 1060. The molecule has 29 heavy (non-hydrogen) atoms. The molecule has 2 aromatic carbocycles. The van der Waals surface area contributed by atoms with Crippen LogP contribution in [-0.2, 0) is 4.79 Å². The lowest BCUT2D eigenvalue weighted by atomic mass is 9.88. The summed E-state index contributed by atoms with van der Waals surface area (Å²) < 4.78 is 10.3. The van der Waals surface area contributed by atoms with Crippen LogP contribution < -0.4 is 15.7 Å². The van der Waals surface area contributed by atoms with E-state index in [4.69, 9.17) is 20.8 Å². The van der Waals surface area contributed by atoms with Crippen molar-refractivity contribution < 1.29 is 19.1 Å². The summed E-state index contributed by atoms with van der Waals surface area (Å²) >= 11 is 5.87. The molecule has 0 spiro atoms. The zero-order valence-electron chi connectivity index (χ0n) is 15.9. The first kappa shape index (κ1) is 20.5. The van der Waals surface area contributed by atoms with E-state index in [1.165, 1.54) is 6.07 Å². The van der Waals surface area contributed by atoms with E-state index < -0.39 is 11.5 Å². The molecular formula is C22H20ClNO5. The van der Waals surface area contributed by atoms with Crippen LogP contribution in [0.15, 0.2) is 63.8 Å². The predicted octanol–water partition coefficient (Wildman–Crippen LogP) is 4.48. The molecule has 6 nitrogen and oxygen atoms in total. The fourth-order valence-corrected chi connectivity index (χ4v) is 3.21. The fourth-order valence-electron chi connectivity index (χ4n) is 3.08. The number of amides is 1. The highest BCUT2D eigenvalue weighted by Crippen LogP contribution is 2.33. The van der Waals surface area contributed by atoms with E-state index in [0.29, 0.717) is 22.0 Å². The maximum absolute atomic E-state index is 12.7. The normalized spacial score (nSPS) is 11.7. The lowest BCUT2D eigenvalue weighted by molar-refractivity contribution is -0.116. The molecule has 0 aliphatic heterocycles. The Morgan fingerprint density at radius 3 is 2.41 bits per heavy atom. The van der Waals surface area contributed by atoms with Gasteiger partial charge >= 0.3 is 5.63 Å². The molecule has 0 radical (unpaired) electrons. The molecule has 0 bridgehead atoms. The number of nitrogens with one attached hydrogen (secondary N) is 1. The standard InChI is InChI=1S/C22H20ClNO5/c1-13-11-19(25)21(22(27)29-13)18(14-3-9-17(28-2)10-4-14)12-20(26)24-16-7-5-15(23)6-8-16/h3-11,18,25H,12H2,1-2H3,(H,24,26). The third-order valence-corrected chi connectivity index (χ3v) is 4.73. The maximum Gasteiger partial charge on any atom is 0.343 e. The molecular weight excluding hydrogens is 394 g/mol. The molecule has 0 saturated heterocycles. The Morgan fingerprint density at radius 1 is 1.17 bits per heavy atom. The van der Waals surface area contributed by atoms with E-state index in [2.05, 4.69) is 5.32 Å². The Kier molecular flexibility index (Phi) is 6.24. The first-order valence-electron chi connectivity index (χ1n) is 8.90. The van der Waals surface area contributed by atoms with Crippen molar-refractivity contribution in [2.24, 2.45) is 0 Å². The van der Waals surface area contributed by atoms with Gasteiger partial charge < -0.3 is 19.6 Å². The summed E-state index contributed by atoms with van der Waals surface area (Å²) in [6.45, 7) is 1.57. The summed E-state index contributed by atoms with van der Waals surface area (Å²) in [6, 6.07) is 15.0. The number of ether oxygens (including phenoxy) is 1. The quantitative estimate of drug-likeness (QED) is 0.622. The summed E-state index contributed by atoms with van der Waals surface area (Å²) in [5.41, 5.74) is 0.603. The van der Waals surface area contributed by atoms with Crippen LogP contribution in [0.5, 0.6) is 11.5 Å².